The number of benzene rings is 3. The molecular formula is C39H35N3. The zero-order chi connectivity index (χ0) is 28.1. The van der Waals surface area contributed by atoms with Gasteiger partial charge in [-0.1, -0.05) is 110 Å². The summed E-state index contributed by atoms with van der Waals surface area (Å²) in [5, 5.41) is 12.3. The highest BCUT2D eigenvalue weighted by Gasteiger charge is 2.58. The molecule has 0 aliphatic heterocycles. The smallest absolute Gasteiger partial charge is 0.160 e. The van der Waals surface area contributed by atoms with Crippen LogP contribution in [-0.2, 0) is 0 Å². The first-order chi connectivity index (χ1) is 20.7. The van der Waals surface area contributed by atoms with Crippen molar-refractivity contribution in [1.29, 1.82) is 5.26 Å². The first kappa shape index (κ1) is 25.4. The van der Waals surface area contributed by atoms with Crippen molar-refractivity contribution in [2.24, 2.45) is 23.2 Å². The molecule has 4 atom stereocenters. The van der Waals surface area contributed by atoms with Crippen LogP contribution in [-0.4, -0.2) is 9.97 Å². The molecule has 4 aliphatic carbocycles. The molecule has 42 heavy (non-hydrogen) atoms. The molecule has 1 spiro atoms. The fraction of sp³-hybridized carbons (Fsp3) is 0.308. The zero-order valence-electron chi connectivity index (χ0n) is 23.9. The summed E-state index contributed by atoms with van der Waals surface area (Å²) in [5.74, 6) is 2.29. The Balaban J connectivity index is 1.29. The minimum atomic E-state index is 0.233. The van der Waals surface area contributed by atoms with Crippen LogP contribution in [0.5, 0.6) is 0 Å². The summed E-state index contributed by atoms with van der Waals surface area (Å²) < 4.78 is 0. The van der Waals surface area contributed by atoms with Crippen molar-refractivity contribution in [3.05, 3.63) is 120 Å². The minimum absolute atomic E-state index is 0.233. The fourth-order valence-corrected chi connectivity index (χ4v) is 8.82. The number of hydrogen-bond acceptors (Lipinski definition) is 3. The van der Waals surface area contributed by atoms with E-state index in [0.717, 1.165) is 46.8 Å². The fourth-order valence-electron chi connectivity index (χ4n) is 8.82. The lowest BCUT2D eigenvalue weighted by atomic mass is 9.63. The highest BCUT2D eigenvalue weighted by atomic mass is 14.9. The van der Waals surface area contributed by atoms with Crippen molar-refractivity contribution >= 4 is 10.8 Å². The molecule has 4 unspecified atom stereocenters. The molecule has 4 aliphatic rings. The maximum Gasteiger partial charge on any atom is 0.160 e. The van der Waals surface area contributed by atoms with E-state index in [0.29, 0.717) is 23.7 Å². The van der Waals surface area contributed by atoms with E-state index in [2.05, 4.69) is 103 Å². The summed E-state index contributed by atoms with van der Waals surface area (Å²) in [6.45, 7) is 0. The van der Waals surface area contributed by atoms with Gasteiger partial charge in [-0.05, 0) is 77.8 Å². The van der Waals surface area contributed by atoms with Crippen molar-refractivity contribution in [1.82, 2.24) is 9.97 Å². The molecule has 4 aromatic rings. The van der Waals surface area contributed by atoms with Gasteiger partial charge in [0.2, 0.25) is 0 Å². The Labute approximate surface area is 248 Å². The van der Waals surface area contributed by atoms with Crippen molar-refractivity contribution in [2.45, 2.75) is 50.9 Å². The van der Waals surface area contributed by atoms with E-state index in [-0.39, 0.29) is 5.41 Å². The summed E-state index contributed by atoms with van der Waals surface area (Å²) in [6, 6.07) is 30.4. The van der Waals surface area contributed by atoms with E-state index < -0.39 is 0 Å². The third kappa shape index (κ3) is 4.08. The summed E-state index contributed by atoms with van der Waals surface area (Å²) >= 11 is 0. The molecule has 3 heteroatoms. The quantitative estimate of drug-likeness (QED) is 0.241. The molecule has 0 amide bonds. The van der Waals surface area contributed by atoms with Gasteiger partial charge in [-0.3, -0.25) is 0 Å². The number of rotatable bonds is 3. The van der Waals surface area contributed by atoms with E-state index in [1.807, 2.05) is 6.07 Å². The Morgan fingerprint density at radius 3 is 2.45 bits per heavy atom. The van der Waals surface area contributed by atoms with Crippen LogP contribution in [0.2, 0.25) is 0 Å². The van der Waals surface area contributed by atoms with Crippen molar-refractivity contribution in [3.8, 4) is 28.7 Å². The molecular weight excluding hydrogens is 510 g/mol. The van der Waals surface area contributed by atoms with Crippen LogP contribution in [0.1, 0.15) is 56.6 Å². The second-order valence-corrected chi connectivity index (χ2v) is 12.7. The van der Waals surface area contributed by atoms with Crippen LogP contribution in [0.15, 0.2) is 114 Å². The van der Waals surface area contributed by atoms with Crippen LogP contribution < -0.4 is 0 Å². The Kier molecular flexibility index (Phi) is 6.18. The van der Waals surface area contributed by atoms with Gasteiger partial charge in [0.15, 0.2) is 5.82 Å². The van der Waals surface area contributed by atoms with E-state index in [1.54, 1.807) is 5.57 Å². The predicted octanol–water partition coefficient (Wildman–Crippen LogP) is 9.60. The molecule has 3 aromatic carbocycles. The third-order valence-corrected chi connectivity index (χ3v) is 10.6. The Hall–Kier alpha value is -4.29. The highest BCUT2D eigenvalue weighted by Crippen LogP contribution is 2.66. The van der Waals surface area contributed by atoms with Crippen LogP contribution in [0.3, 0.4) is 0 Å². The normalized spacial score (nSPS) is 25.8. The van der Waals surface area contributed by atoms with Gasteiger partial charge in [0.05, 0.1) is 11.8 Å². The monoisotopic (exact) mass is 545 g/mol. The summed E-state index contributed by atoms with van der Waals surface area (Å²) in [6.07, 6.45) is 18.1. The number of allylic oxidation sites excluding steroid dienone is 6. The number of aromatic nitrogens is 2. The summed E-state index contributed by atoms with van der Waals surface area (Å²) in [5.41, 5.74) is 7.03. The molecule has 206 valence electrons. The maximum absolute atomic E-state index is 9.89. The van der Waals surface area contributed by atoms with E-state index in [9.17, 15) is 5.26 Å². The Morgan fingerprint density at radius 1 is 0.810 bits per heavy atom. The lowest BCUT2D eigenvalue weighted by Crippen LogP contribution is -2.31. The summed E-state index contributed by atoms with van der Waals surface area (Å²) in [4.78, 5) is 10.5. The molecule has 2 saturated carbocycles. The lowest BCUT2D eigenvalue weighted by molar-refractivity contribution is 0.183. The van der Waals surface area contributed by atoms with E-state index in [4.69, 9.17) is 9.97 Å². The topological polar surface area (TPSA) is 49.6 Å². The standard InChI is InChI=1S/C39H35N3/c40-25-26-16-19-33-32(22-26)37-31(14-9-15-34(37)39(33)20-7-2-8-21-39)36-24-35(41-38(42-36)28-11-3-1-4-12-28)30-18-17-27-10-5-6-13-29(27)23-30/h1,3-6,10-13,15-19,22-24,31-33,37H,2,7-9,14,20-21H2. The predicted molar refractivity (Wildman–Crippen MR) is 169 cm³/mol. The maximum atomic E-state index is 9.89. The van der Waals surface area contributed by atoms with Gasteiger partial charge >= 0.3 is 0 Å². The Bertz CT molecular complexity index is 1800. The van der Waals surface area contributed by atoms with Crippen molar-refractivity contribution in [3.63, 3.8) is 0 Å². The molecule has 8 rings (SSSR count). The van der Waals surface area contributed by atoms with Gasteiger partial charge < -0.3 is 0 Å². The molecule has 2 fully saturated rings. The first-order valence-electron chi connectivity index (χ1n) is 15.7. The zero-order valence-corrected chi connectivity index (χ0v) is 23.9. The molecule has 1 heterocycles. The second-order valence-electron chi connectivity index (χ2n) is 12.7. The molecule has 0 N–H and O–H groups in total. The Morgan fingerprint density at radius 2 is 1.62 bits per heavy atom. The summed E-state index contributed by atoms with van der Waals surface area (Å²) in [7, 11) is 0. The van der Waals surface area contributed by atoms with E-state index >= 15 is 0 Å². The van der Waals surface area contributed by atoms with Crippen molar-refractivity contribution < 1.29 is 0 Å². The van der Waals surface area contributed by atoms with Crippen molar-refractivity contribution in [2.75, 3.05) is 0 Å². The number of fused-ring (bicyclic) bond motifs is 6. The molecule has 0 bridgehead atoms. The van der Waals surface area contributed by atoms with Gasteiger partial charge in [-0.15, -0.1) is 0 Å². The van der Waals surface area contributed by atoms with Crippen LogP contribution in [0, 0.1) is 34.5 Å². The average molecular weight is 546 g/mol. The van der Waals surface area contributed by atoms with Gasteiger partial charge in [0, 0.05) is 28.3 Å². The highest BCUT2D eigenvalue weighted by molar-refractivity contribution is 5.87. The van der Waals surface area contributed by atoms with Crippen LogP contribution in [0.4, 0.5) is 0 Å². The number of hydrogen-bond donors (Lipinski definition) is 0. The van der Waals surface area contributed by atoms with Gasteiger partial charge in [-0.2, -0.15) is 5.26 Å². The number of nitrogens with zero attached hydrogens (tertiary/aromatic N) is 3. The minimum Gasteiger partial charge on any atom is -0.233 e. The SMILES string of the molecule is N#CC1=CC2C3C(=CCCC3c3cc(-c4ccc5ccccc5c4)nc(-c4ccccc4)n3)C3(CCCCC3)C2C=C1. The molecule has 3 nitrogen and oxygen atoms in total. The first-order valence-corrected chi connectivity index (χ1v) is 15.7. The number of nitriles is 1. The van der Waals surface area contributed by atoms with Gasteiger partial charge in [-0.25, -0.2) is 9.97 Å². The van der Waals surface area contributed by atoms with Crippen LogP contribution in [0.25, 0.3) is 33.4 Å². The molecule has 0 radical (unpaired) electrons. The van der Waals surface area contributed by atoms with Crippen LogP contribution >= 0.6 is 0 Å². The van der Waals surface area contributed by atoms with E-state index in [1.165, 1.54) is 42.9 Å². The average Bonchev–Trinajstić information content (AvgIpc) is 3.33. The molecule has 1 aromatic heterocycles. The third-order valence-electron chi connectivity index (χ3n) is 10.6. The lowest BCUT2D eigenvalue weighted by Gasteiger charge is -2.42. The van der Waals surface area contributed by atoms with Gasteiger partial charge in [0.25, 0.3) is 0 Å². The second kappa shape index (κ2) is 10.2. The molecule has 0 saturated heterocycles. The largest absolute Gasteiger partial charge is 0.233 e. The van der Waals surface area contributed by atoms with Gasteiger partial charge in [0.1, 0.15) is 0 Å².